The summed E-state index contributed by atoms with van der Waals surface area (Å²) in [7, 11) is 0. The van der Waals surface area contributed by atoms with E-state index >= 15 is 0 Å². The van der Waals surface area contributed by atoms with Crippen molar-refractivity contribution in [1.29, 1.82) is 5.26 Å². The molecule has 2 rings (SSSR count). The van der Waals surface area contributed by atoms with Crippen LogP contribution in [-0.2, 0) is 0 Å². The molecule has 1 N–H and O–H groups in total. The van der Waals surface area contributed by atoms with Crippen LogP contribution in [0.1, 0.15) is 5.56 Å². The molecular weight excluding hydrogens is 224 g/mol. The van der Waals surface area contributed by atoms with E-state index in [0.717, 1.165) is 18.2 Å². The number of rotatable bonds is 1. The van der Waals surface area contributed by atoms with E-state index in [1.807, 2.05) is 6.07 Å². The van der Waals surface area contributed by atoms with Crippen LogP contribution in [0, 0.1) is 23.0 Å². The first-order valence-electron chi connectivity index (χ1n) is 4.80. The van der Waals surface area contributed by atoms with Crippen molar-refractivity contribution in [2.24, 2.45) is 0 Å². The summed E-state index contributed by atoms with van der Waals surface area (Å²) in [5.41, 5.74) is 0.543. The Kier molecular flexibility index (Phi) is 2.75. The van der Waals surface area contributed by atoms with Gasteiger partial charge in [0.2, 0.25) is 0 Å². The zero-order valence-corrected chi connectivity index (χ0v) is 8.61. The van der Waals surface area contributed by atoms with Crippen molar-refractivity contribution >= 4 is 0 Å². The molecule has 0 radical (unpaired) electrons. The first-order valence-corrected chi connectivity index (χ1v) is 4.80. The van der Waals surface area contributed by atoms with E-state index in [9.17, 15) is 13.9 Å². The van der Waals surface area contributed by atoms with Gasteiger partial charge in [-0.25, -0.2) is 8.78 Å². The lowest BCUT2D eigenvalue weighted by Gasteiger charge is -2.05. The van der Waals surface area contributed by atoms with Crippen LogP contribution in [0.25, 0.3) is 11.1 Å². The maximum atomic E-state index is 13.5. The first kappa shape index (κ1) is 11.1. The number of nitrogens with zero attached hydrogens (tertiary/aromatic N) is 1. The summed E-state index contributed by atoms with van der Waals surface area (Å²) in [6.45, 7) is 0. The smallest absolute Gasteiger partial charge is 0.131 e. The normalized spacial score (nSPS) is 9.94. The molecule has 2 nitrogen and oxygen atoms in total. The number of halogens is 2. The number of nitriles is 1. The minimum absolute atomic E-state index is 0.0823. The molecule has 0 aliphatic rings. The van der Waals surface area contributed by atoms with Crippen LogP contribution in [0.15, 0.2) is 36.4 Å². The van der Waals surface area contributed by atoms with Crippen LogP contribution < -0.4 is 0 Å². The van der Waals surface area contributed by atoms with Crippen molar-refractivity contribution < 1.29 is 13.9 Å². The Morgan fingerprint density at radius 3 is 2.47 bits per heavy atom. The average molecular weight is 231 g/mol. The van der Waals surface area contributed by atoms with E-state index in [1.165, 1.54) is 18.2 Å². The van der Waals surface area contributed by atoms with Gasteiger partial charge in [0.05, 0.1) is 11.6 Å². The lowest BCUT2D eigenvalue weighted by Crippen LogP contribution is -1.87. The van der Waals surface area contributed by atoms with Gasteiger partial charge in [0.25, 0.3) is 0 Å². The second-order valence-electron chi connectivity index (χ2n) is 3.50. The van der Waals surface area contributed by atoms with E-state index in [4.69, 9.17) is 5.26 Å². The minimum atomic E-state index is -0.665. The van der Waals surface area contributed by atoms with Crippen LogP contribution in [0.5, 0.6) is 5.75 Å². The van der Waals surface area contributed by atoms with Gasteiger partial charge >= 0.3 is 0 Å². The Balaban J connectivity index is 2.63. The van der Waals surface area contributed by atoms with Gasteiger partial charge in [-0.05, 0) is 35.9 Å². The highest BCUT2D eigenvalue weighted by molar-refractivity contribution is 5.67. The van der Waals surface area contributed by atoms with E-state index in [-0.39, 0.29) is 22.4 Å². The maximum absolute atomic E-state index is 13.5. The number of phenols is 1. The predicted octanol–water partition coefficient (Wildman–Crippen LogP) is 3.21. The summed E-state index contributed by atoms with van der Waals surface area (Å²) in [4.78, 5) is 0. The number of hydrogen-bond donors (Lipinski definition) is 1. The van der Waals surface area contributed by atoms with Crippen molar-refractivity contribution in [2.45, 2.75) is 0 Å². The van der Waals surface area contributed by atoms with Crippen molar-refractivity contribution in [3.8, 4) is 22.9 Å². The zero-order chi connectivity index (χ0) is 12.4. The first-order chi connectivity index (χ1) is 8.10. The topological polar surface area (TPSA) is 44.0 Å². The van der Waals surface area contributed by atoms with Gasteiger partial charge in [-0.15, -0.1) is 0 Å². The number of phenolic OH excluding ortho intramolecular Hbond substituents is 1. The third-order valence-corrected chi connectivity index (χ3v) is 2.29. The fourth-order valence-corrected chi connectivity index (χ4v) is 1.55. The Morgan fingerprint density at radius 2 is 1.82 bits per heavy atom. The monoisotopic (exact) mass is 231 g/mol. The summed E-state index contributed by atoms with van der Waals surface area (Å²) >= 11 is 0. The molecular formula is C13H7F2NO. The molecule has 0 aliphatic heterocycles. The highest BCUT2D eigenvalue weighted by Gasteiger charge is 2.08. The molecule has 0 fully saturated rings. The highest BCUT2D eigenvalue weighted by atomic mass is 19.1. The molecule has 2 aromatic rings. The molecule has 0 atom stereocenters. The molecule has 0 aliphatic carbocycles. The summed E-state index contributed by atoms with van der Waals surface area (Å²) in [6.07, 6.45) is 0. The van der Waals surface area contributed by atoms with Crippen molar-refractivity contribution in [1.82, 2.24) is 0 Å². The Morgan fingerprint density at radius 1 is 1.06 bits per heavy atom. The van der Waals surface area contributed by atoms with E-state index < -0.39 is 11.6 Å². The van der Waals surface area contributed by atoms with Gasteiger partial charge in [-0.3, -0.25) is 0 Å². The molecule has 0 heterocycles. The Labute approximate surface area is 96.4 Å². The van der Waals surface area contributed by atoms with Crippen LogP contribution in [0.2, 0.25) is 0 Å². The quantitative estimate of drug-likeness (QED) is 0.818. The SMILES string of the molecule is N#Cc1ccc(F)c(-c2cc(O)cc(F)c2)c1. The van der Waals surface area contributed by atoms with Gasteiger partial charge in [-0.1, -0.05) is 0 Å². The second-order valence-corrected chi connectivity index (χ2v) is 3.50. The van der Waals surface area contributed by atoms with Crippen molar-refractivity contribution in [2.75, 3.05) is 0 Å². The molecule has 0 bridgehead atoms. The predicted molar refractivity (Wildman–Crippen MR) is 58.2 cm³/mol. The Bertz CT molecular complexity index is 597. The van der Waals surface area contributed by atoms with Gasteiger partial charge in [0.1, 0.15) is 17.4 Å². The second kappa shape index (κ2) is 4.22. The maximum Gasteiger partial charge on any atom is 0.131 e. The van der Waals surface area contributed by atoms with Crippen LogP contribution in [0.4, 0.5) is 8.78 Å². The lowest BCUT2D eigenvalue weighted by molar-refractivity contribution is 0.469. The van der Waals surface area contributed by atoms with Crippen molar-refractivity contribution in [3.63, 3.8) is 0 Å². The zero-order valence-electron chi connectivity index (χ0n) is 8.61. The fraction of sp³-hybridized carbons (Fsp3) is 0. The third kappa shape index (κ3) is 2.23. The molecule has 2 aromatic carbocycles. The van der Waals surface area contributed by atoms with Crippen LogP contribution in [0.3, 0.4) is 0 Å². The molecule has 0 amide bonds. The molecule has 0 saturated carbocycles. The molecule has 0 aromatic heterocycles. The van der Waals surface area contributed by atoms with Gasteiger partial charge in [-0.2, -0.15) is 5.26 Å². The van der Waals surface area contributed by atoms with E-state index in [0.29, 0.717) is 0 Å². The lowest BCUT2D eigenvalue weighted by atomic mass is 10.0. The summed E-state index contributed by atoms with van der Waals surface area (Å²) < 4.78 is 26.6. The van der Waals surface area contributed by atoms with Crippen LogP contribution >= 0.6 is 0 Å². The highest BCUT2D eigenvalue weighted by Crippen LogP contribution is 2.27. The minimum Gasteiger partial charge on any atom is -0.508 e. The Hall–Kier alpha value is -2.41. The molecule has 84 valence electrons. The van der Waals surface area contributed by atoms with Gasteiger partial charge in [0, 0.05) is 11.6 Å². The summed E-state index contributed by atoms with van der Waals surface area (Å²) in [5, 5.41) is 18.0. The molecule has 4 heteroatoms. The van der Waals surface area contributed by atoms with E-state index in [1.54, 1.807) is 0 Å². The summed E-state index contributed by atoms with van der Waals surface area (Å²) in [6, 6.07) is 8.91. The summed E-state index contributed by atoms with van der Waals surface area (Å²) in [5.74, 6) is -1.53. The molecule has 0 unspecified atom stereocenters. The largest absolute Gasteiger partial charge is 0.508 e. The average Bonchev–Trinajstić information content (AvgIpc) is 2.28. The number of aromatic hydroxyl groups is 1. The van der Waals surface area contributed by atoms with E-state index in [2.05, 4.69) is 0 Å². The van der Waals surface area contributed by atoms with Crippen molar-refractivity contribution in [3.05, 3.63) is 53.6 Å². The molecule has 17 heavy (non-hydrogen) atoms. The number of hydrogen-bond acceptors (Lipinski definition) is 2. The molecule has 0 spiro atoms. The fourth-order valence-electron chi connectivity index (χ4n) is 1.55. The van der Waals surface area contributed by atoms with Gasteiger partial charge in [0.15, 0.2) is 0 Å². The number of benzene rings is 2. The van der Waals surface area contributed by atoms with Crippen LogP contribution in [-0.4, -0.2) is 5.11 Å². The van der Waals surface area contributed by atoms with Gasteiger partial charge < -0.3 is 5.11 Å². The third-order valence-electron chi connectivity index (χ3n) is 2.29. The standard InChI is InChI=1S/C13H7F2NO/c14-10-4-9(5-11(17)6-10)12-3-8(7-16)1-2-13(12)15/h1-6,17H. The molecule has 0 saturated heterocycles.